The maximum absolute atomic E-state index is 13.0. The summed E-state index contributed by atoms with van der Waals surface area (Å²) in [5.41, 5.74) is 0. The van der Waals surface area contributed by atoms with Gasteiger partial charge in [0.25, 0.3) is 0 Å². The number of carbonyl (C=O) groups excluding carboxylic acids is 1. The van der Waals surface area contributed by atoms with Crippen molar-refractivity contribution in [3.63, 3.8) is 0 Å². The molecule has 7 nitrogen and oxygen atoms in total. The van der Waals surface area contributed by atoms with Crippen LogP contribution in [0, 0.1) is 23.6 Å². The Bertz CT molecular complexity index is 794. The fourth-order valence-corrected chi connectivity index (χ4v) is 5.48. The summed E-state index contributed by atoms with van der Waals surface area (Å²) in [7, 11) is -3.17. The molecule has 1 amide bonds. The zero-order valence-corrected chi connectivity index (χ0v) is 16.2. The number of carbonyl (C=O) groups is 1. The molecule has 0 spiro atoms. The highest BCUT2D eigenvalue weighted by Crippen LogP contribution is 2.34. The van der Waals surface area contributed by atoms with Crippen LogP contribution in [0.15, 0.2) is 18.3 Å². The second kappa shape index (κ2) is 7.01. The van der Waals surface area contributed by atoms with Gasteiger partial charge in [-0.2, -0.15) is 0 Å². The molecule has 2 unspecified atom stereocenters. The van der Waals surface area contributed by atoms with E-state index < -0.39 is 10.0 Å². The van der Waals surface area contributed by atoms with E-state index in [0.29, 0.717) is 37.8 Å². The summed E-state index contributed by atoms with van der Waals surface area (Å²) in [6.45, 7) is 4.01. The van der Waals surface area contributed by atoms with E-state index in [9.17, 15) is 17.6 Å². The highest BCUT2D eigenvalue weighted by Gasteiger charge is 2.43. The van der Waals surface area contributed by atoms with Crippen molar-refractivity contribution in [1.82, 2.24) is 14.2 Å². The molecule has 0 saturated carbocycles. The van der Waals surface area contributed by atoms with Gasteiger partial charge in [0.15, 0.2) is 0 Å². The summed E-state index contributed by atoms with van der Waals surface area (Å²) in [6, 6.07) is 3.13. The van der Waals surface area contributed by atoms with Gasteiger partial charge in [0.2, 0.25) is 15.9 Å². The third-order valence-electron chi connectivity index (χ3n) is 6.11. The maximum Gasteiger partial charge on any atom is 0.225 e. The summed E-state index contributed by atoms with van der Waals surface area (Å²) in [4.78, 5) is 21.2. The number of sulfonamides is 1. The fourth-order valence-electron chi connectivity index (χ4n) is 4.61. The van der Waals surface area contributed by atoms with Crippen LogP contribution in [-0.2, 0) is 14.8 Å². The topological polar surface area (TPSA) is 73.8 Å². The first-order valence-corrected chi connectivity index (χ1v) is 11.3. The number of amides is 1. The van der Waals surface area contributed by atoms with E-state index in [1.165, 1.54) is 22.8 Å². The summed E-state index contributed by atoms with van der Waals surface area (Å²) in [6.07, 6.45) is 3.66. The van der Waals surface area contributed by atoms with Gasteiger partial charge in [0.1, 0.15) is 11.6 Å². The monoisotopic (exact) mass is 396 g/mol. The molecule has 9 heteroatoms. The maximum atomic E-state index is 13.0. The molecule has 27 heavy (non-hydrogen) atoms. The predicted molar refractivity (Wildman–Crippen MR) is 99.1 cm³/mol. The first-order chi connectivity index (χ1) is 12.8. The van der Waals surface area contributed by atoms with E-state index in [2.05, 4.69) is 9.88 Å². The van der Waals surface area contributed by atoms with Crippen LogP contribution in [0.25, 0.3) is 0 Å². The predicted octanol–water partition coefficient (Wildman–Crippen LogP) is 0.787. The Balaban J connectivity index is 1.31. The van der Waals surface area contributed by atoms with Gasteiger partial charge in [-0.05, 0) is 25.0 Å². The number of halogens is 1. The average Bonchev–Trinajstić information content (AvgIpc) is 3.20. The Morgan fingerprint density at radius 3 is 2.26 bits per heavy atom. The SMILES string of the molecule is CS(=O)(=O)N1CCC(C(=O)N2CC3CN(c4ccc(F)cn4)CC3C2)CC1. The van der Waals surface area contributed by atoms with E-state index in [1.807, 2.05) is 4.90 Å². The van der Waals surface area contributed by atoms with Crippen LogP contribution in [0.2, 0.25) is 0 Å². The van der Waals surface area contributed by atoms with Gasteiger partial charge in [-0.15, -0.1) is 0 Å². The molecule has 0 aromatic carbocycles. The van der Waals surface area contributed by atoms with Crippen LogP contribution < -0.4 is 4.90 Å². The number of hydrogen-bond acceptors (Lipinski definition) is 5. The minimum atomic E-state index is -3.17. The average molecular weight is 396 g/mol. The molecule has 3 aliphatic rings. The first kappa shape index (κ1) is 18.6. The van der Waals surface area contributed by atoms with Crippen molar-refractivity contribution in [2.24, 2.45) is 17.8 Å². The number of nitrogens with zero attached hydrogens (tertiary/aromatic N) is 4. The molecule has 4 rings (SSSR count). The zero-order valence-electron chi connectivity index (χ0n) is 15.4. The molecular weight excluding hydrogens is 371 g/mol. The Labute approximate surface area is 159 Å². The second-order valence-corrected chi connectivity index (χ2v) is 9.92. The molecule has 0 aliphatic carbocycles. The summed E-state index contributed by atoms with van der Waals surface area (Å²) >= 11 is 0. The number of aromatic nitrogens is 1. The molecule has 0 N–H and O–H groups in total. The van der Waals surface area contributed by atoms with Gasteiger partial charge in [0, 0.05) is 57.0 Å². The lowest BCUT2D eigenvalue weighted by Crippen LogP contribution is -2.44. The lowest BCUT2D eigenvalue weighted by Gasteiger charge is -2.32. The van der Waals surface area contributed by atoms with Crippen LogP contribution in [0.5, 0.6) is 0 Å². The standard InChI is InChI=1S/C18H25FN4O3S/c1-27(25,26)23-6-4-13(5-7-23)18(24)22-11-14-9-21(10-15(14)12-22)17-3-2-16(19)8-20-17/h2-3,8,13-15H,4-7,9-12H2,1H3. The highest BCUT2D eigenvalue weighted by atomic mass is 32.2. The van der Waals surface area contributed by atoms with Crippen molar-refractivity contribution < 1.29 is 17.6 Å². The Kier molecular flexibility index (Phi) is 4.84. The lowest BCUT2D eigenvalue weighted by atomic mass is 9.96. The number of likely N-dealkylation sites (tertiary alicyclic amines) is 1. The van der Waals surface area contributed by atoms with Crippen LogP contribution in [0.4, 0.5) is 10.2 Å². The van der Waals surface area contributed by atoms with Crippen LogP contribution in [0.3, 0.4) is 0 Å². The minimum absolute atomic E-state index is 0.0725. The van der Waals surface area contributed by atoms with Crippen molar-refractivity contribution in [3.05, 3.63) is 24.1 Å². The number of anilines is 1. The van der Waals surface area contributed by atoms with Gasteiger partial charge >= 0.3 is 0 Å². The van der Waals surface area contributed by atoms with Gasteiger partial charge in [-0.3, -0.25) is 4.79 Å². The first-order valence-electron chi connectivity index (χ1n) is 9.41. The molecule has 1 aromatic rings. The van der Waals surface area contributed by atoms with E-state index in [0.717, 1.165) is 32.0 Å². The Hall–Kier alpha value is -1.74. The van der Waals surface area contributed by atoms with E-state index in [4.69, 9.17) is 0 Å². The molecule has 3 saturated heterocycles. The third-order valence-corrected chi connectivity index (χ3v) is 7.41. The molecule has 3 aliphatic heterocycles. The number of piperidine rings is 1. The number of fused-ring (bicyclic) bond motifs is 1. The molecule has 3 fully saturated rings. The normalized spacial score (nSPS) is 27.2. The van der Waals surface area contributed by atoms with Crippen LogP contribution >= 0.6 is 0 Å². The fraction of sp³-hybridized carbons (Fsp3) is 0.667. The summed E-state index contributed by atoms with van der Waals surface area (Å²) in [5, 5.41) is 0. The summed E-state index contributed by atoms with van der Waals surface area (Å²) in [5.74, 6) is 1.38. The van der Waals surface area contributed by atoms with Crippen LogP contribution in [-0.4, -0.2) is 74.0 Å². The van der Waals surface area contributed by atoms with Crippen molar-refractivity contribution in [2.45, 2.75) is 12.8 Å². The number of pyridine rings is 1. The molecule has 0 radical (unpaired) electrons. The van der Waals surface area contributed by atoms with Crippen molar-refractivity contribution in [2.75, 3.05) is 50.4 Å². The molecule has 148 valence electrons. The third kappa shape index (κ3) is 3.80. The van der Waals surface area contributed by atoms with Crippen molar-refractivity contribution in [1.29, 1.82) is 0 Å². The van der Waals surface area contributed by atoms with Crippen molar-refractivity contribution in [3.8, 4) is 0 Å². The van der Waals surface area contributed by atoms with E-state index >= 15 is 0 Å². The van der Waals surface area contributed by atoms with Gasteiger partial charge in [-0.1, -0.05) is 0 Å². The van der Waals surface area contributed by atoms with Gasteiger partial charge in [-0.25, -0.2) is 22.1 Å². The Morgan fingerprint density at radius 2 is 1.74 bits per heavy atom. The molecule has 1 aromatic heterocycles. The molecule has 2 atom stereocenters. The van der Waals surface area contributed by atoms with Crippen LogP contribution in [0.1, 0.15) is 12.8 Å². The lowest BCUT2D eigenvalue weighted by molar-refractivity contribution is -0.135. The largest absolute Gasteiger partial charge is 0.356 e. The molecule has 0 bridgehead atoms. The van der Waals surface area contributed by atoms with E-state index in [-0.39, 0.29) is 17.6 Å². The number of hydrogen-bond donors (Lipinski definition) is 0. The van der Waals surface area contributed by atoms with Gasteiger partial charge in [0.05, 0.1) is 12.5 Å². The van der Waals surface area contributed by atoms with E-state index in [1.54, 1.807) is 6.07 Å². The van der Waals surface area contributed by atoms with Gasteiger partial charge < -0.3 is 9.80 Å². The zero-order chi connectivity index (χ0) is 19.2. The smallest absolute Gasteiger partial charge is 0.225 e. The number of rotatable bonds is 3. The Morgan fingerprint density at radius 1 is 1.11 bits per heavy atom. The quantitative estimate of drug-likeness (QED) is 0.755. The molecular formula is C18H25FN4O3S. The summed E-state index contributed by atoms with van der Waals surface area (Å²) < 4.78 is 37.7. The van der Waals surface area contributed by atoms with Crippen molar-refractivity contribution >= 4 is 21.7 Å². The minimum Gasteiger partial charge on any atom is -0.356 e. The highest BCUT2D eigenvalue weighted by molar-refractivity contribution is 7.88. The molecule has 4 heterocycles. The second-order valence-electron chi connectivity index (χ2n) is 7.94.